The molecule has 0 rings (SSSR count). The minimum atomic E-state index is -1.00. The molecule has 0 saturated heterocycles. The van der Waals surface area contributed by atoms with Crippen molar-refractivity contribution >= 4 is 5.97 Å². The van der Waals surface area contributed by atoms with Gasteiger partial charge in [0.25, 0.3) is 0 Å². The molecule has 1 atom stereocenters. The average molecular weight is 342 g/mol. The monoisotopic (exact) mass is 341 g/mol. The fourth-order valence-corrected chi connectivity index (χ4v) is 3.38. The fourth-order valence-electron chi connectivity index (χ4n) is 3.38. The SMILES string of the molecule is CCCCCC/C(O)=C/[N+](CCCC)(CCCC)C(CC)C(=O)[O-]. The first-order chi connectivity index (χ1) is 11.5. The van der Waals surface area contributed by atoms with E-state index < -0.39 is 12.0 Å². The van der Waals surface area contributed by atoms with E-state index in [0.717, 1.165) is 51.6 Å². The van der Waals surface area contributed by atoms with Gasteiger partial charge in [-0.2, -0.15) is 0 Å². The zero-order valence-electron chi connectivity index (χ0n) is 16.4. The lowest BCUT2D eigenvalue weighted by atomic mass is 10.1. The summed E-state index contributed by atoms with van der Waals surface area (Å²) in [6.07, 6.45) is 11.3. The Kier molecular flexibility index (Phi) is 12.7. The normalized spacial score (nSPS) is 13.9. The Morgan fingerprint density at radius 1 is 0.958 bits per heavy atom. The lowest BCUT2D eigenvalue weighted by Gasteiger charge is -2.42. The lowest BCUT2D eigenvalue weighted by Crippen LogP contribution is -2.59. The highest BCUT2D eigenvalue weighted by Crippen LogP contribution is 2.24. The number of carbonyl (C=O) groups is 1. The number of quaternary nitrogens is 1. The van der Waals surface area contributed by atoms with Gasteiger partial charge < -0.3 is 15.0 Å². The van der Waals surface area contributed by atoms with Crippen molar-refractivity contribution in [1.82, 2.24) is 0 Å². The summed E-state index contributed by atoms with van der Waals surface area (Å²) in [6.45, 7) is 9.80. The highest BCUT2D eigenvalue weighted by molar-refractivity contribution is 5.69. The quantitative estimate of drug-likeness (QED) is 0.274. The Labute approximate surface area is 149 Å². The molecule has 0 amide bonds. The minimum absolute atomic E-state index is 0.333. The summed E-state index contributed by atoms with van der Waals surface area (Å²) in [5, 5.41) is 22.2. The van der Waals surface area contributed by atoms with Gasteiger partial charge in [-0.3, -0.25) is 4.48 Å². The van der Waals surface area contributed by atoms with Crippen molar-refractivity contribution in [2.45, 2.75) is 97.9 Å². The zero-order valence-corrected chi connectivity index (χ0v) is 16.4. The van der Waals surface area contributed by atoms with E-state index in [9.17, 15) is 15.0 Å². The Morgan fingerprint density at radius 3 is 1.92 bits per heavy atom. The first-order valence-electron chi connectivity index (χ1n) is 9.95. The maximum atomic E-state index is 11.7. The number of rotatable bonds is 15. The molecule has 24 heavy (non-hydrogen) atoms. The number of carboxylic acids is 1. The topological polar surface area (TPSA) is 60.4 Å². The van der Waals surface area contributed by atoms with E-state index in [4.69, 9.17) is 0 Å². The van der Waals surface area contributed by atoms with Crippen LogP contribution in [0.4, 0.5) is 0 Å². The molecule has 0 heterocycles. The number of carbonyl (C=O) groups excluding carboxylic acids is 1. The third-order valence-electron chi connectivity index (χ3n) is 4.83. The van der Waals surface area contributed by atoms with Crippen LogP contribution in [0.25, 0.3) is 0 Å². The standard InChI is InChI=1S/C20H39NO3/c1-5-9-12-13-14-18(22)17-21(15-10-6-2,16-11-7-3)19(8-4)20(23)24/h17,19H,5-16H2,1-4H3,(H-,22,23,24)/b18-17-. The average Bonchev–Trinajstić information content (AvgIpc) is 2.55. The van der Waals surface area contributed by atoms with Crippen LogP contribution in [-0.4, -0.2) is 34.7 Å². The van der Waals surface area contributed by atoms with Crippen LogP contribution in [0.5, 0.6) is 0 Å². The minimum Gasteiger partial charge on any atom is -0.544 e. The maximum absolute atomic E-state index is 11.7. The van der Waals surface area contributed by atoms with Gasteiger partial charge in [-0.05, 0) is 19.3 Å². The Bertz CT molecular complexity index is 358. The lowest BCUT2D eigenvalue weighted by molar-refractivity contribution is -0.899. The van der Waals surface area contributed by atoms with Gasteiger partial charge >= 0.3 is 0 Å². The van der Waals surface area contributed by atoms with E-state index in [1.807, 2.05) is 13.1 Å². The van der Waals surface area contributed by atoms with Crippen LogP contribution < -0.4 is 5.11 Å². The maximum Gasteiger partial charge on any atom is 0.145 e. The van der Waals surface area contributed by atoms with Crippen LogP contribution in [0.15, 0.2) is 12.0 Å². The number of unbranched alkanes of at least 4 members (excludes halogenated alkanes) is 5. The molecule has 0 aliphatic rings. The van der Waals surface area contributed by atoms with E-state index >= 15 is 0 Å². The molecule has 0 saturated carbocycles. The van der Waals surface area contributed by atoms with Crippen molar-refractivity contribution in [2.24, 2.45) is 0 Å². The zero-order chi connectivity index (χ0) is 18.4. The molecular formula is C20H39NO3. The van der Waals surface area contributed by atoms with Crippen LogP contribution in [0.2, 0.25) is 0 Å². The molecule has 0 radical (unpaired) electrons. The van der Waals surface area contributed by atoms with Gasteiger partial charge in [0.1, 0.15) is 18.0 Å². The first kappa shape index (κ1) is 23.0. The number of aliphatic hydroxyl groups is 1. The van der Waals surface area contributed by atoms with Crippen molar-refractivity contribution in [1.29, 1.82) is 0 Å². The fraction of sp³-hybridized carbons (Fsp3) is 0.850. The molecule has 0 aromatic heterocycles. The number of hydrogen-bond donors (Lipinski definition) is 1. The molecule has 0 aromatic rings. The Hall–Kier alpha value is -1.03. The summed E-state index contributed by atoms with van der Waals surface area (Å²) in [6, 6.07) is -0.583. The second kappa shape index (κ2) is 13.3. The van der Waals surface area contributed by atoms with Gasteiger partial charge in [0, 0.05) is 12.8 Å². The molecule has 0 aliphatic heterocycles. The third-order valence-corrected chi connectivity index (χ3v) is 4.83. The Morgan fingerprint density at radius 2 is 1.50 bits per heavy atom. The van der Waals surface area contributed by atoms with Gasteiger partial charge in [-0.1, -0.05) is 59.8 Å². The molecule has 4 nitrogen and oxygen atoms in total. The predicted octanol–water partition coefficient (Wildman–Crippen LogP) is 4.30. The van der Waals surface area contributed by atoms with Crippen molar-refractivity contribution in [2.75, 3.05) is 13.1 Å². The van der Waals surface area contributed by atoms with Crippen LogP contribution in [0, 0.1) is 0 Å². The molecule has 1 N–H and O–H groups in total. The summed E-state index contributed by atoms with van der Waals surface area (Å²) in [7, 11) is 0. The predicted molar refractivity (Wildman–Crippen MR) is 98.4 cm³/mol. The van der Waals surface area contributed by atoms with Gasteiger partial charge in [0.2, 0.25) is 0 Å². The van der Waals surface area contributed by atoms with Crippen LogP contribution in [0.3, 0.4) is 0 Å². The van der Waals surface area contributed by atoms with E-state index in [0.29, 0.717) is 23.1 Å². The van der Waals surface area contributed by atoms with E-state index in [1.165, 1.54) is 12.8 Å². The van der Waals surface area contributed by atoms with E-state index in [2.05, 4.69) is 20.8 Å². The van der Waals surface area contributed by atoms with Gasteiger partial charge in [0.05, 0.1) is 19.1 Å². The molecule has 1 unspecified atom stereocenters. The summed E-state index contributed by atoms with van der Waals surface area (Å²) in [5.41, 5.74) is 0. The summed E-state index contributed by atoms with van der Waals surface area (Å²) in [5.74, 6) is -0.655. The molecule has 0 spiro atoms. The number of hydrogen-bond acceptors (Lipinski definition) is 3. The number of allylic oxidation sites excluding steroid dienone is 1. The number of aliphatic hydroxyl groups excluding tert-OH is 1. The Balaban J connectivity index is 5.38. The number of aliphatic carboxylic acids is 1. The summed E-state index contributed by atoms with van der Waals surface area (Å²) >= 11 is 0. The highest BCUT2D eigenvalue weighted by atomic mass is 16.4. The molecule has 0 bridgehead atoms. The van der Waals surface area contributed by atoms with E-state index in [-0.39, 0.29) is 0 Å². The van der Waals surface area contributed by atoms with Crippen LogP contribution in [0.1, 0.15) is 91.9 Å². The van der Waals surface area contributed by atoms with Crippen molar-refractivity contribution in [3.8, 4) is 0 Å². The van der Waals surface area contributed by atoms with Gasteiger partial charge in [0.15, 0.2) is 0 Å². The largest absolute Gasteiger partial charge is 0.544 e. The smallest absolute Gasteiger partial charge is 0.145 e. The van der Waals surface area contributed by atoms with Crippen LogP contribution >= 0.6 is 0 Å². The third kappa shape index (κ3) is 8.18. The first-order valence-corrected chi connectivity index (χ1v) is 9.95. The second-order valence-electron chi connectivity index (χ2n) is 6.93. The van der Waals surface area contributed by atoms with Crippen LogP contribution in [-0.2, 0) is 4.79 Å². The molecule has 0 aromatic carbocycles. The van der Waals surface area contributed by atoms with Crippen molar-refractivity contribution in [3.05, 3.63) is 12.0 Å². The van der Waals surface area contributed by atoms with Gasteiger partial charge in [-0.25, -0.2) is 0 Å². The highest BCUT2D eigenvalue weighted by Gasteiger charge is 2.35. The molecular weight excluding hydrogens is 302 g/mol. The number of carboxylic acid groups (broad SMARTS) is 1. The molecule has 142 valence electrons. The summed E-state index contributed by atoms with van der Waals surface area (Å²) in [4.78, 5) is 11.7. The number of nitrogens with zero attached hydrogens (tertiary/aromatic N) is 1. The van der Waals surface area contributed by atoms with Gasteiger partial charge in [-0.15, -0.1) is 0 Å². The molecule has 0 fully saturated rings. The molecule has 0 aliphatic carbocycles. The summed E-state index contributed by atoms with van der Waals surface area (Å²) < 4.78 is 0.333. The van der Waals surface area contributed by atoms with Crippen molar-refractivity contribution in [3.63, 3.8) is 0 Å². The van der Waals surface area contributed by atoms with E-state index in [1.54, 1.807) is 0 Å². The second-order valence-corrected chi connectivity index (χ2v) is 6.93. The van der Waals surface area contributed by atoms with Crippen molar-refractivity contribution < 1.29 is 19.5 Å². The molecule has 4 heteroatoms.